The number of carbonyl (C=O) groups excluding carboxylic acids is 1. The van der Waals surface area contributed by atoms with Gasteiger partial charge in [-0.05, 0) is 73.6 Å². The van der Waals surface area contributed by atoms with Crippen LogP contribution < -0.4 is 14.9 Å². The Bertz CT molecular complexity index is 1400. The highest BCUT2D eigenvalue weighted by Gasteiger charge is 2.40. The molecule has 5 nitrogen and oxygen atoms in total. The minimum atomic E-state index is -4.81. The Hall–Kier alpha value is -3.07. The van der Waals surface area contributed by atoms with Gasteiger partial charge in [0.2, 0.25) is 0 Å². The second-order valence-corrected chi connectivity index (χ2v) is 12.1. The van der Waals surface area contributed by atoms with E-state index in [-0.39, 0.29) is 34.7 Å². The molecule has 1 saturated carbocycles. The molecule has 1 aliphatic carbocycles. The van der Waals surface area contributed by atoms with Gasteiger partial charge in [0, 0.05) is 35.8 Å². The number of nitrogens with zero attached hydrogens (tertiary/aromatic N) is 2. The van der Waals surface area contributed by atoms with Crippen molar-refractivity contribution in [2.75, 3.05) is 11.5 Å². The summed E-state index contributed by atoms with van der Waals surface area (Å²) in [6, 6.07) is 9.83. The molecule has 0 spiro atoms. The van der Waals surface area contributed by atoms with Crippen LogP contribution >= 0.6 is 0 Å². The first-order valence-corrected chi connectivity index (χ1v) is 14.6. The third-order valence-corrected chi connectivity index (χ3v) is 8.73. The Kier molecular flexibility index (Phi) is 8.36. The summed E-state index contributed by atoms with van der Waals surface area (Å²) in [6.07, 6.45) is 2.45. The molecule has 1 N–H and O–H groups in total. The molecule has 0 aromatic heterocycles. The minimum absolute atomic E-state index is 0.0330. The molecule has 2 heterocycles. The van der Waals surface area contributed by atoms with Crippen LogP contribution in [0.5, 0.6) is 0 Å². The second-order valence-electron chi connectivity index (χ2n) is 12.1. The van der Waals surface area contributed by atoms with Crippen molar-refractivity contribution in [3.05, 3.63) is 64.2 Å². The molecule has 1 amide bonds. The number of hydrogen-bond donors (Lipinski definition) is 1. The minimum Gasteiger partial charge on any atom is -0.307 e. The molecule has 1 fully saturated rings. The average Bonchev–Trinajstić information content (AvgIpc) is 3.49. The van der Waals surface area contributed by atoms with Crippen molar-refractivity contribution < 1.29 is 31.5 Å². The second kappa shape index (κ2) is 11.5. The number of anilines is 1. The van der Waals surface area contributed by atoms with Gasteiger partial charge in [0.05, 0.1) is 25.5 Å². The molecule has 1 unspecified atom stereocenters. The lowest BCUT2D eigenvalue weighted by atomic mass is 9.78. The van der Waals surface area contributed by atoms with Crippen molar-refractivity contribution in [1.29, 1.82) is 0 Å². The third-order valence-electron chi connectivity index (χ3n) is 8.73. The summed E-state index contributed by atoms with van der Waals surface area (Å²) in [5.41, 5.74) is 2.43. The largest absolute Gasteiger partial charge is 0.522 e. The number of fused-ring (bicyclic) bond motifs is 1. The van der Waals surface area contributed by atoms with Gasteiger partial charge in [0.15, 0.2) is 0 Å². The normalized spacial score (nSPS) is 20.5. The zero-order valence-corrected chi connectivity index (χ0v) is 24.2. The van der Waals surface area contributed by atoms with Crippen LogP contribution in [-0.4, -0.2) is 36.3 Å². The molecule has 0 bridgehead atoms. The van der Waals surface area contributed by atoms with E-state index in [9.17, 15) is 26.7 Å². The zero-order valence-electron chi connectivity index (χ0n) is 24.2. The molecule has 10 heteroatoms. The standard InChI is InChI=1S/C32H37F5N3O2/c1-4-7-20-14-28(38-16-20)26(19-42-32(35,36)37)22-8-5-9-23(15-22)40-18-25-24(29(40)41)12-21(13-27(25)31(3,33)34)17-39-30(2)10-6-11-30/h5,8-9,12-13,15-16,20,26,39H,4,6-7,10-11,14,17-19H2,1-3H3/q+1/t20?,26-/m1/s1. The maximum atomic E-state index is 14.8. The maximum Gasteiger partial charge on any atom is 0.522 e. The first-order valence-electron chi connectivity index (χ1n) is 14.6. The number of halogens is 5. The van der Waals surface area contributed by atoms with Gasteiger partial charge in [-0.3, -0.25) is 9.53 Å². The molecule has 0 radical (unpaired) electrons. The van der Waals surface area contributed by atoms with E-state index in [1.165, 1.54) is 11.0 Å². The quantitative estimate of drug-likeness (QED) is 0.226. The van der Waals surface area contributed by atoms with Gasteiger partial charge in [0.1, 0.15) is 5.92 Å². The fourth-order valence-corrected chi connectivity index (χ4v) is 6.20. The van der Waals surface area contributed by atoms with Gasteiger partial charge in [-0.1, -0.05) is 25.5 Å². The summed E-state index contributed by atoms with van der Waals surface area (Å²) in [4.78, 5) is 15.1. The van der Waals surface area contributed by atoms with Crippen LogP contribution in [0.15, 0.2) is 36.4 Å². The smallest absolute Gasteiger partial charge is 0.307 e. The van der Waals surface area contributed by atoms with E-state index >= 15 is 0 Å². The lowest BCUT2D eigenvalue weighted by molar-refractivity contribution is -0.324. The number of rotatable bonds is 11. The van der Waals surface area contributed by atoms with Crippen LogP contribution in [-0.2, 0) is 23.7 Å². The Morgan fingerprint density at radius 2 is 1.93 bits per heavy atom. The number of ether oxygens (including phenoxy) is 1. The number of hydrogen-bond acceptors (Lipinski definition) is 3. The summed E-state index contributed by atoms with van der Waals surface area (Å²) < 4.78 is 77.6. The van der Waals surface area contributed by atoms with E-state index in [1.54, 1.807) is 36.5 Å². The van der Waals surface area contributed by atoms with E-state index in [1.807, 2.05) is 6.92 Å². The van der Waals surface area contributed by atoms with Crippen molar-refractivity contribution in [1.82, 2.24) is 9.98 Å². The van der Waals surface area contributed by atoms with Gasteiger partial charge in [-0.15, -0.1) is 17.8 Å². The van der Waals surface area contributed by atoms with Crippen molar-refractivity contribution in [3.63, 3.8) is 0 Å². The monoisotopic (exact) mass is 590 g/mol. The highest BCUT2D eigenvalue weighted by Crippen LogP contribution is 2.40. The fraction of sp³-hybridized carbons (Fsp3) is 0.531. The molecular weight excluding hydrogens is 553 g/mol. The first-order chi connectivity index (χ1) is 19.8. The van der Waals surface area contributed by atoms with Crippen LogP contribution in [0.4, 0.5) is 27.6 Å². The lowest BCUT2D eigenvalue weighted by Gasteiger charge is -2.39. The van der Waals surface area contributed by atoms with Gasteiger partial charge >= 0.3 is 6.36 Å². The Labute approximate surface area is 242 Å². The summed E-state index contributed by atoms with van der Waals surface area (Å²) >= 11 is 0. The van der Waals surface area contributed by atoms with Crippen LogP contribution in [0.1, 0.15) is 97.8 Å². The average molecular weight is 591 g/mol. The molecule has 226 valence electrons. The van der Waals surface area contributed by atoms with Gasteiger partial charge in [-0.2, -0.15) is 0 Å². The summed E-state index contributed by atoms with van der Waals surface area (Å²) in [6.45, 7) is 4.64. The van der Waals surface area contributed by atoms with Gasteiger partial charge in [0.25, 0.3) is 23.8 Å². The van der Waals surface area contributed by atoms with Crippen molar-refractivity contribution in [2.24, 2.45) is 5.92 Å². The first kappa shape index (κ1) is 30.4. The molecule has 0 saturated heterocycles. The Balaban J connectivity index is 1.43. The number of carbonyl (C=O) groups is 1. The summed E-state index contributed by atoms with van der Waals surface area (Å²) in [5, 5.41) is 3.44. The van der Waals surface area contributed by atoms with E-state index in [0.29, 0.717) is 35.5 Å². The van der Waals surface area contributed by atoms with E-state index in [0.717, 1.165) is 39.0 Å². The summed E-state index contributed by atoms with van der Waals surface area (Å²) in [7, 11) is 0. The van der Waals surface area contributed by atoms with Crippen LogP contribution in [0.2, 0.25) is 0 Å². The third kappa shape index (κ3) is 6.61. The Morgan fingerprint density at radius 1 is 1.17 bits per heavy atom. The molecule has 2 aliphatic heterocycles. The molecule has 5 rings (SSSR count). The number of nitrogens with one attached hydrogen (secondary N) is 1. The number of benzene rings is 2. The topological polar surface area (TPSA) is 55.7 Å². The highest BCUT2D eigenvalue weighted by molar-refractivity contribution is 6.10. The SMILES string of the molecule is CCCC1C=[N+]=C([C@H](COC(F)(F)F)c2cccc(N3Cc4c(cc(CNC5(C)CCC5)cc4C(C)(F)F)C3=O)c2)C1. The molecule has 3 aliphatic rings. The zero-order chi connectivity index (χ0) is 30.3. The molecule has 2 atom stereocenters. The van der Waals surface area contributed by atoms with Crippen molar-refractivity contribution in [2.45, 2.75) is 96.1 Å². The van der Waals surface area contributed by atoms with Crippen molar-refractivity contribution in [3.8, 4) is 0 Å². The van der Waals surface area contributed by atoms with Gasteiger partial charge in [-0.25, -0.2) is 8.78 Å². The van der Waals surface area contributed by atoms with Crippen LogP contribution in [0.3, 0.4) is 0 Å². The van der Waals surface area contributed by atoms with E-state index < -0.39 is 30.7 Å². The predicted octanol–water partition coefficient (Wildman–Crippen LogP) is 7.01. The molecule has 2 aromatic carbocycles. The number of alkyl halides is 5. The van der Waals surface area contributed by atoms with E-state index in [2.05, 4.69) is 21.6 Å². The molecule has 42 heavy (non-hydrogen) atoms. The van der Waals surface area contributed by atoms with E-state index in [4.69, 9.17) is 0 Å². The number of amides is 1. The van der Waals surface area contributed by atoms with Crippen molar-refractivity contribution >= 4 is 23.5 Å². The molecule has 2 aromatic rings. The summed E-state index contributed by atoms with van der Waals surface area (Å²) in [5.74, 6) is -4.20. The highest BCUT2D eigenvalue weighted by atomic mass is 19.4. The maximum absolute atomic E-state index is 14.8. The fourth-order valence-electron chi connectivity index (χ4n) is 6.20. The van der Waals surface area contributed by atoms with Crippen LogP contribution in [0, 0.1) is 5.92 Å². The van der Waals surface area contributed by atoms with Crippen LogP contribution in [0.25, 0.3) is 0 Å². The van der Waals surface area contributed by atoms with Gasteiger partial charge < -0.3 is 10.2 Å². The molecular formula is C32H37F5N3O2+. The Morgan fingerprint density at radius 3 is 2.57 bits per heavy atom. The predicted molar refractivity (Wildman–Crippen MR) is 153 cm³/mol. The lowest BCUT2D eigenvalue weighted by Crippen LogP contribution is -2.47.